The first-order valence-corrected chi connectivity index (χ1v) is 7.21. The van der Waals surface area contributed by atoms with Gasteiger partial charge in [-0.25, -0.2) is 4.79 Å². The summed E-state index contributed by atoms with van der Waals surface area (Å²) >= 11 is 6.32. The standard InChI is InChI=1S/C11H12N6O3S2/c12-9-15-7(13-4-5-2-1-3-22-5)6(8(18)16-9)14-10(21)17-11(19)20/h1-3H,4H2,(H,19,20)(H2,14,17,21)(H4,12,13,15,16,18). The fourth-order valence-electron chi connectivity index (χ4n) is 1.56. The first-order chi connectivity index (χ1) is 10.5. The summed E-state index contributed by atoms with van der Waals surface area (Å²) < 4.78 is 0. The molecule has 0 aromatic carbocycles. The number of carbonyl (C=O) groups is 1. The van der Waals surface area contributed by atoms with E-state index in [1.165, 1.54) is 11.3 Å². The molecule has 0 aliphatic rings. The molecular weight excluding hydrogens is 328 g/mol. The average Bonchev–Trinajstić information content (AvgIpc) is 2.92. The molecule has 2 aromatic rings. The number of H-pyrrole nitrogens is 1. The van der Waals surface area contributed by atoms with E-state index in [-0.39, 0.29) is 22.6 Å². The first kappa shape index (κ1) is 15.7. The van der Waals surface area contributed by atoms with E-state index in [1.807, 2.05) is 22.8 Å². The number of nitrogens with zero attached hydrogens (tertiary/aromatic N) is 1. The van der Waals surface area contributed by atoms with Crippen molar-refractivity contribution >= 4 is 52.2 Å². The van der Waals surface area contributed by atoms with E-state index >= 15 is 0 Å². The number of hydrogen-bond donors (Lipinski definition) is 6. The van der Waals surface area contributed by atoms with Crippen molar-refractivity contribution in [1.29, 1.82) is 0 Å². The number of aromatic amines is 1. The minimum absolute atomic E-state index is 0.0236. The molecule has 7 N–H and O–H groups in total. The number of nitrogens with two attached hydrogens (primary N) is 1. The van der Waals surface area contributed by atoms with Gasteiger partial charge < -0.3 is 21.5 Å². The number of hydrogen-bond acceptors (Lipinski definition) is 7. The van der Waals surface area contributed by atoms with Gasteiger partial charge in [-0.2, -0.15) is 4.98 Å². The van der Waals surface area contributed by atoms with E-state index < -0.39 is 11.7 Å². The van der Waals surface area contributed by atoms with Gasteiger partial charge in [0.1, 0.15) is 5.69 Å². The summed E-state index contributed by atoms with van der Waals surface area (Å²) in [5.41, 5.74) is 4.92. The molecular formula is C11H12N6O3S2. The Bertz CT molecular complexity index is 743. The molecule has 2 aromatic heterocycles. The molecule has 0 aliphatic carbocycles. The quantitative estimate of drug-likeness (QED) is 0.452. The van der Waals surface area contributed by atoms with Crippen LogP contribution < -0.4 is 27.2 Å². The molecule has 1 amide bonds. The lowest BCUT2D eigenvalue weighted by Gasteiger charge is -2.12. The third-order valence-electron chi connectivity index (χ3n) is 2.41. The Labute approximate surface area is 133 Å². The predicted octanol–water partition coefficient (Wildman–Crippen LogP) is 0.990. The van der Waals surface area contributed by atoms with Crippen LogP contribution in [0.4, 0.5) is 22.2 Å². The van der Waals surface area contributed by atoms with Crippen molar-refractivity contribution in [3.63, 3.8) is 0 Å². The van der Waals surface area contributed by atoms with Gasteiger partial charge in [0, 0.05) is 4.88 Å². The molecule has 9 nitrogen and oxygen atoms in total. The lowest BCUT2D eigenvalue weighted by molar-refractivity contribution is 0.200. The number of carboxylic acid groups (broad SMARTS) is 1. The average molecular weight is 340 g/mol. The molecule has 0 aliphatic heterocycles. The normalized spacial score (nSPS) is 10.0. The number of aromatic nitrogens is 2. The molecule has 0 radical (unpaired) electrons. The number of rotatable bonds is 4. The number of thiocarbonyl (C=S) groups is 1. The van der Waals surface area contributed by atoms with Gasteiger partial charge in [0.25, 0.3) is 5.56 Å². The smallest absolute Gasteiger partial charge is 0.410 e. The number of nitrogen functional groups attached to an aromatic ring is 1. The minimum Gasteiger partial charge on any atom is -0.465 e. The van der Waals surface area contributed by atoms with E-state index in [0.29, 0.717) is 6.54 Å². The number of nitrogens with one attached hydrogen (secondary N) is 4. The summed E-state index contributed by atoms with van der Waals surface area (Å²) in [7, 11) is 0. The van der Waals surface area contributed by atoms with Crippen molar-refractivity contribution in [2.75, 3.05) is 16.4 Å². The maximum absolute atomic E-state index is 11.9. The third-order valence-corrected chi connectivity index (χ3v) is 3.49. The van der Waals surface area contributed by atoms with Gasteiger partial charge in [-0.15, -0.1) is 11.3 Å². The summed E-state index contributed by atoms with van der Waals surface area (Å²) in [5, 5.41) is 17.6. The molecule has 116 valence electrons. The minimum atomic E-state index is -1.34. The fourth-order valence-corrected chi connectivity index (χ4v) is 2.39. The van der Waals surface area contributed by atoms with Crippen LogP contribution in [0.1, 0.15) is 4.88 Å². The summed E-state index contributed by atoms with van der Waals surface area (Å²) in [6.07, 6.45) is -1.34. The lowest BCUT2D eigenvalue weighted by atomic mass is 10.4. The zero-order chi connectivity index (χ0) is 16.1. The van der Waals surface area contributed by atoms with Crippen molar-refractivity contribution < 1.29 is 9.90 Å². The molecule has 2 rings (SSSR count). The number of thiophene rings is 1. The topological polar surface area (TPSA) is 145 Å². The molecule has 0 spiro atoms. The van der Waals surface area contributed by atoms with Gasteiger partial charge in [-0.1, -0.05) is 6.07 Å². The van der Waals surface area contributed by atoms with Crippen LogP contribution in [0.5, 0.6) is 0 Å². The highest BCUT2D eigenvalue weighted by Crippen LogP contribution is 2.17. The largest absolute Gasteiger partial charge is 0.465 e. The second kappa shape index (κ2) is 6.87. The molecule has 0 fully saturated rings. The van der Waals surface area contributed by atoms with Crippen LogP contribution >= 0.6 is 23.6 Å². The second-order valence-electron chi connectivity index (χ2n) is 3.99. The Hall–Kier alpha value is -2.66. The van der Waals surface area contributed by atoms with Crippen molar-refractivity contribution in [3.8, 4) is 0 Å². The van der Waals surface area contributed by atoms with E-state index in [9.17, 15) is 9.59 Å². The Kier molecular flexibility index (Phi) is 4.91. The number of anilines is 3. The highest BCUT2D eigenvalue weighted by Gasteiger charge is 2.13. The molecule has 0 saturated carbocycles. The van der Waals surface area contributed by atoms with Crippen molar-refractivity contribution in [2.24, 2.45) is 0 Å². The SMILES string of the molecule is Nc1nc(NCc2cccs2)c(NC(=S)NC(=O)O)c(=O)[nH]1. The molecule has 0 unspecified atom stereocenters. The Morgan fingerprint density at radius 2 is 2.32 bits per heavy atom. The number of amides is 1. The van der Waals surface area contributed by atoms with Crippen LogP contribution in [0.3, 0.4) is 0 Å². The monoisotopic (exact) mass is 340 g/mol. The lowest BCUT2D eigenvalue weighted by Crippen LogP contribution is -2.35. The molecule has 0 saturated heterocycles. The summed E-state index contributed by atoms with van der Waals surface area (Å²) in [5.74, 6) is 0.102. The van der Waals surface area contributed by atoms with Gasteiger partial charge in [-0.3, -0.25) is 15.1 Å². The van der Waals surface area contributed by atoms with Crippen LogP contribution in [-0.2, 0) is 6.54 Å². The Morgan fingerprint density at radius 1 is 1.55 bits per heavy atom. The van der Waals surface area contributed by atoms with Crippen LogP contribution in [0, 0.1) is 0 Å². The summed E-state index contributed by atoms with van der Waals surface area (Å²) in [6.45, 7) is 0.432. The van der Waals surface area contributed by atoms with Gasteiger partial charge in [0.2, 0.25) is 5.95 Å². The van der Waals surface area contributed by atoms with Crippen LogP contribution in [-0.4, -0.2) is 26.3 Å². The maximum Gasteiger partial charge on any atom is 0.410 e. The van der Waals surface area contributed by atoms with E-state index in [1.54, 1.807) is 0 Å². The van der Waals surface area contributed by atoms with Crippen molar-refractivity contribution in [2.45, 2.75) is 6.54 Å². The highest BCUT2D eigenvalue weighted by atomic mass is 32.1. The van der Waals surface area contributed by atoms with E-state index in [2.05, 4.69) is 20.6 Å². The molecule has 22 heavy (non-hydrogen) atoms. The zero-order valence-electron chi connectivity index (χ0n) is 11.0. The second-order valence-corrected chi connectivity index (χ2v) is 5.43. The maximum atomic E-state index is 11.9. The van der Waals surface area contributed by atoms with Gasteiger partial charge >= 0.3 is 6.09 Å². The zero-order valence-corrected chi connectivity index (χ0v) is 12.7. The van der Waals surface area contributed by atoms with E-state index in [4.69, 9.17) is 23.1 Å². The Morgan fingerprint density at radius 3 is 2.95 bits per heavy atom. The van der Waals surface area contributed by atoms with Crippen LogP contribution in [0.15, 0.2) is 22.3 Å². The van der Waals surface area contributed by atoms with Crippen LogP contribution in [0.25, 0.3) is 0 Å². The fraction of sp³-hybridized carbons (Fsp3) is 0.0909. The summed E-state index contributed by atoms with van der Waals surface area (Å²) in [4.78, 5) is 29.8. The van der Waals surface area contributed by atoms with Gasteiger partial charge in [0.05, 0.1) is 6.54 Å². The molecule has 0 atom stereocenters. The summed E-state index contributed by atoms with van der Waals surface area (Å²) in [6, 6.07) is 3.81. The Balaban J connectivity index is 2.21. The molecule has 11 heteroatoms. The van der Waals surface area contributed by atoms with Crippen LogP contribution in [0.2, 0.25) is 0 Å². The molecule has 2 heterocycles. The third kappa shape index (κ3) is 4.17. The van der Waals surface area contributed by atoms with Gasteiger partial charge in [-0.05, 0) is 23.7 Å². The van der Waals surface area contributed by atoms with Crippen molar-refractivity contribution in [1.82, 2.24) is 15.3 Å². The predicted molar refractivity (Wildman–Crippen MR) is 88.3 cm³/mol. The molecule has 0 bridgehead atoms. The van der Waals surface area contributed by atoms with Crippen molar-refractivity contribution in [3.05, 3.63) is 32.7 Å². The first-order valence-electron chi connectivity index (χ1n) is 5.92. The van der Waals surface area contributed by atoms with E-state index in [0.717, 1.165) is 4.88 Å². The van der Waals surface area contributed by atoms with Gasteiger partial charge in [0.15, 0.2) is 10.9 Å². The highest BCUT2D eigenvalue weighted by molar-refractivity contribution is 7.80.